The van der Waals surface area contributed by atoms with E-state index >= 15 is 0 Å². The van der Waals surface area contributed by atoms with Crippen LogP contribution < -0.4 is 10.2 Å². The van der Waals surface area contributed by atoms with Crippen LogP contribution in [0.3, 0.4) is 0 Å². The van der Waals surface area contributed by atoms with Gasteiger partial charge in [0.15, 0.2) is 0 Å². The molecule has 1 aliphatic rings. The highest BCUT2D eigenvalue weighted by Crippen LogP contribution is 2.35. The second-order valence-corrected chi connectivity index (χ2v) is 8.46. The lowest BCUT2D eigenvalue weighted by Crippen LogP contribution is -2.47. The first-order chi connectivity index (χ1) is 16.8. The number of alkyl halides is 3. The second-order valence-electron chi connectivity index (χ2n) is 8.46. The molecule has 182 valence electrons. The summed E-state index contributed by atoms with van der Waals surface area (Å²) < 4.78 is 40.6. The molecule has 0 radical (unpaired) electrons. The number of anilines is 1. The van der Waals surface area contributed by atoms with Crippen molar-refractivity contribution in [2.24, 2.45) is 0 Å². The molecule has 4 rings (SSSR count). The number of rotatable bonds is 6. The predicted octanol–water partition coefficient (Wildman–Crippen LogP) is 5.33. The number of nitrogens with one attached hydrogen (secondary N) is 1. The van der Waals surface area contributed by atoms with E-state index in [9.17, 15) is 22.8 Å². The summed E-state index contributed by atoms with van der Waals surface area (Å²) in [5.41, 5.74) is -0.546. The molecule has 0 saturated heterocycles. The zero-order valence-corrected chi connectivity index (χ0v) is 18.9. The third-order valence-electron chi connectivity index (χ3n) is 6.03. The van der Waals surface area contributed by atoms with Gasteiger partial charge in [-0.2, -0.15) is 13.2 Å². The van der Waals surface area contributed by atoms with Crippen molar-refractivity contribution in [3.63, 3.8) is 0 Å². The van der Waals surface area contributed by atoms with Crippen molar-refractivity contribution >= 4 is 17.5 Å². The Morgan fingerprint density at radius 2 is 1.69 bits per heavy atom. The van der Waals surface area contributed by atoms with E-state index in [-0.39, 0.29) is 17.4 Å². The van der Waals surface area contributed by atoms with E-state index in [2.05, 4.69) is 15.3 Å². The van der Waals surface area contributed by atoms with E-state index in [1.165, 1.54) is 36.8 Å². The number of nitrogens with zero attached hydrogens (tertiary/aromatic N) is 3. The van der Waals surface area contributed by atoms with Crippen molar-refractivity contribution in [1.82, 2.24) is 15.3 Å². The first kappa shape index (κ1) is 24.4. The molecule has 9 heteroatoms. The van der Waals surface area contributed by atoms with Crippen molar-refractivity contribution in [3.05, 3.63) is 90.0 Å². The molecule has 2 amide bonds. The topological polar surface area (TPSA) is 75.2 Å². The van der Waals surface area contributed by atoms with Gasteiger partial charge in [-0.25, -0.2) is 0 Å². The Labute approximate surface area is 201 Å². The molecular weight excluding hydrogens is 457 g/mol. The molecule has 0 unspecified atom stereocenters. The molecule has 3 aromatic rings. The average Bonchev–Trinajstić information content (AvgIpc) is 2.88. The van der Waals surface area contributed by atoms with Gasteiger partial charge in [0.25, 0.3) is 5.91 Å². The molecule has 6 nitrogen and oxygen atoms in total. The number of hydrogen-bond donors (Lipinski definition) is 1. The monoisotopic (exact) mass is 482 g/mol. The number of halogens is 3. The van der Waals surface area contributed by atoms with Gasteiger partial charge in [-0.1, -0.05) is 31.4 Å². The molecule has 35 heavy (non-hydrogen) atoms. The largest absolute Gasteiger partial charge is 0.416 e. The van der Waals surface area contributed by atoms with Gasteiger partial charge in [-0.3, -0.25) is 24.5 Å². The van der Waals surface area contributed by atoms with Crippen LogP contribution in [0.4, 0.5) is 18.9 Å². The quantitative estimate of drug-likeness (QED) is 0.515. The van der Waals surface area contributed by atoms with Gasteiger partial charge in [0.2, 0.25) is 5.91 Å². The van der Waals surface area contributed by atoms with Gasteiger partial charge in [-0.05, 0) is 60.9 Å². The summed E-state index contributed by atoms with van der Waals surface area (Å²) in [6.07, 6.45) is 4.43. The Morgan fingerprint density at radius 3 is 2.34 bits per heavy atom. The van der Waals surface area contributed by atoms with Crippen LogP contribution in [0.25, 0.3) is 0 Å². The molecule has 1 atom stereocenters. The fraction of sp³-hybridized carbons (Fsp3) is 0.308. The summed E-state index contributed by atoms with van der Waals surface area (Å²) in [5.74, 6) is -1.16. The van der Waals surface area contributed by atoms with Crippen molar-refractivity contribution in [2.45, 2.75) is 50.4 Å². The molecule has 0 spiro atoms. The number of carbonyl (C=O) groups excluding carboxylic acids is 2. The molecule has 1 N–H and O–H groups in total. The maximum atomic E-state index is 13.7. The maximum absolute atomic E-state index is 13.7. The molecule has 2 aromatic heterocycles. The number of amides is 2. The van der Waals surface area contributed by atoms with Gasteiger partial charge in [0.1, 0.15) is 11.7 Å². The fourth-order valence-electron chi connectivity index (χ4n) is 4.32. The Kier molecular flexibility index (Phi) is 7.43. The smallest absolute Gasteiger partial charge is 0.351 e. The molecule has 1 aliphatic carbocycles. The fourth-order valence-corrected chi connectivity index (χ4v) is 4.32. The van der Waals surface area contributed by atoms with Gasteiger partial charge in [0, 0.05) is 30.3 Å². The zero-order valence-electron chi connectivity index (χ0n) is 18.9. The van der Waals surface area contributed by atoms with Crippen LogP contribution in [0.2, 0.25) is 0 Å². The second kappa shape index (κ2) is 10.7. The van der Waals surface area contributed by atoms with Crippen LogP contribution >= 0.6 is 0 Å². The summed E-state index contributed by atoms with van der Waals surface area (Å²) in [4.78, 5) is 36.5. The highest BCUT2D eigenvalue weighted by molar-refractivity contribution is 6.09. The van der Waals surface area contributed by atoms with Crippen LogP contribution in [0.15, 0.2) is 73.2 Å². The Hall–Kier alpha value is -3.75. The summed E-state index contributed by atoms with van der Waals surface area (Å²) >= 11 is 0. The lowest BCUT2D eigenvalue weighted by molar-refractivity contribution is -0.137. The molecule has 1 fully saturated rings. The van der Waals surface area contributed by atoms with E-state index in [1.54, 1.807) is 24.3 Å². The summed E-state index contributed by atoms with van der Waals surface area (Å²) in [6.45, 7) is 0. The summed E-state index contributed by atoms with van der Waals surface area (Å²) in [6, 6.07) is 11.0. The highest BCUT2D eigenvalue weighted by atomic mass is 19.4. The zero-order chi connectivity index (χ0) is 24.8. The van der Waals surface area contributed by atoms with Gasteiger partial charge in [0.05, 0.1) is 5.56 Å². The van der Waals surface area contributed by atoms with Crippen molar-refractivity contribution in [1.29, 1.82) is 0 Å². The minimum Gasteiger partial charge on any atom is -0.351 e. The van der Waals surface area contributed by atoms with E-state index in [0.717, 1.165) is 49.1 Å². The predicted molar refractivity (Wildman–Crippen MR) is 124 cm³/mol. The van der Waals surface area contributed by atoms with Crippen LogP contribution in [0.5, 0.6) is 0 Å². The van der Waals surface area contributed by atoms with E-state index in [0.29, 0.717) is 5.56 Å². The number of aromatic nitrogens is 2. The van der Waals surface area contributed by atoms with Crippen LogP contribution in [0, 0.1) is 0 Å². The number of pyridine rings is 2. The van der Waals surface area contributed by atoms with E-state index in [4.69, 9.17) is 0 Å². The SMILES string of the molecule is O=C(NC1CCCCC1)[C@H](c1ccncc1)N(C(=O)c1ccccn1)c1cccc(C(F)(F)F)c1. The normalized spacial score (nSPS) is 15.3. The minimum atomic E-state index is -4.62. The standard InChI is InChI=1S/C26H25F3N4O2/c27-26(28,29)19-7-6-10-21(17-19)33(25(35)22-11-4-5-14-31-22)23(18-12-15-30-16-13-18)24(34)32-20-8-2-1-3-9-20/h4-7,10-17,20,23H,1-3,8-9H2,(H,32,34)/t23-/m0/s1. The summed E-state index contributed by atoms with van der Waals surface area (Å²) in [5, 5.41) is 3.02. The third-order valence-corrected chi connectivity index (χ3v) is 6.03. The molecule has 1 saturated carbocycles. The third kappa shape index (κ3) is 5.85. The molecular formula is C26H25F3N4O2. The molecule has 2 heterocycles. The average molecular weight is 483 g/mol. The first-order valence-electron chi connectivity index (χ1n) is 11.5. The van der Waals surface area contributed by atoms with Crippen LogP contribution in [0.1, 0.15) is 59.8 Å². The van der Waals surface area contributed by atoms with Gasteiger partial charge >= 0.3 is 6.18 Å². The van der Waals surface area contributed by atoms with E-state index in [1.807, 2.05) is 0 Å². The highest BCUT2D eigenvalue weighted by Gasteiger charge is 2.37. The maximum Gasteiger partial charge on any atom is 0.416 e. The lowest BCUT2D eigenvalue weighted by atomic mass is 9.94. The molecule has 1 aromatic carbocycles. The number of benzene rings is 1. The Balaban J connectivity index is 1.82. The Bertz CT molecular complexity index is 1150. The lowest BCUT2D eigenvalue weighted by Gasteiger charge is -2.33. The first-order valence-corrected chi connectivity index (χ1v) is 11.5. The van der Waals surface area contributed by atoms with Crippen molar-refractivity contribution < 1.29 is 22.8 Å². The number of hydrogen-bond acceptors (Lipinski definition) is 4. The molecule has 0 bridgehead atoms. The van der Waals surface area contributed by atoms with Gasteiger partial charge in [-0.15, -0.1) is 0 Å². The summed E-state index contributed by atoms with van der Waals surface area (Å²) in [7, 11) is 0. The van der Waals surface area contributed by atoms with Crippen molar-refractivity contribution in [2.75, 3.05) is 4.90 Å². The van der Waals surface area contributed by atoms with Crippen LogP contribution in [-0.2, 0) is 11.0 Å². The van der Waals surface area contributed by atoms with Gasteiger partial charge < -0.3 is 5.32 Å². The van der Waals surface area contributed by atoms with Crippen molar-refractivity contribution in [3.8, 4) is 0 Å². The number of carbonyl (C=O) groups is 2. The van der Waals surface area contributed by atoms with Crippen LogP contribution in [-0.4, -0.2) is 27.8 Å². The molecule has 0 aliphatic heterocycles. The Morgan fingerprint density at radius 1 is 0.943 bits per heavy atom. The minimum absolute atomic E-state index is 0.00874. The van der Waals surface area contributed by atoms with E-state index < -0.39 is 29.6 Å².